The Morgan fingerprint density at radius 3 is 2.50 bits per heavy atom. The molecule has 0 radical (unpaired) electrons. The zero-order valence-corrected chi connectivity index (χ0v) is 12.8. The molecule has 3 rings (SSSR count). The quantitative estimate of drug-likeness (QED) is 0.860. The number of carbonyl (C=O) groups excluding carboxylic acids is 1. The van der Waals surface area contributed by atoms with E-state index in [0.29, 0.717) is 23.9 Å². The van der Waals surface area contributed by atoms with Crippen molar-refractivity contribution in [2.75, 3.05) is 13.1 Å². The number of nitrogens with one attached hydrogen (secondary N) is 1. The molecule has 1 amide bonds. The highest BCUT2D eigenvalue weighted by atomic mass is 16.2. The number of rotatable bonds is 3. The van der Waals surface area contributed by atoms with Crippen LogP contribution in [0, 0.1) is 5.92 Å². The fraction of sp³-hybridized carbons (Fsp3) is 0.941. The van der Waals surface area contributed by atoms with Gasteiger partial charge in [-0.2, -0.15) is 0 Å². The van der Waals surface area contributed by atoms with E-state index in [0.717, 1.165) is 19.5 Å². The second-order valence-corrected chi connectivity index (χ2v) is 7.06. The molecule has 2 heterocycles. The van der Waals surface area contributed by atoms with Gasteiger partial charge in [0.15, 0.2) is 0 Å². The Hall–Kier alpha value is -0.570. The molecule has 0 aromatic rings. The van der Waals surface area contributed by atoms with Gasteiger partial charge in [0, 0.05) is 25.0 Å². The second kappa shape index (κ2) is 6.93. The maximum atomic E-state index is 12.7. The van der Waals surface area contributed by atoms with Crippen LogP contribution in [0.4, 0.5) is 0 Å². The first kappa shape index (κ1) is 14.4. The van der Waals surface area contributed by atoms with E-state index in [9.17, 15) is 4.79 Å². The van der Waals surface area contributed by atoms with Crippen LogP contribution in [-0.4, -0.2) is 36.0 Å². The minimum Gasteiger partial charge on any atom is -0.338 e. The Labute approximate surface area is 123 Å². The molecule has 2 aliphatic heterocycles. The van der Waals surface area contributed by atoms with Crippen molar-refractivity contribution in [1.82, 2.24) is 10.2 Å². The Kier molecular flexibility index (Phi) is 4.98. The number of carbonyl (C=O) groups is 1. The number of hydrogen-bond acceptors (Lipinski definition) is 2. The summed E-state index contributed by atoms with van der Waals surface area (Å²) in [7, 11) is 0. The molecular weight excluding hydrogens is 248 g/mol. The van der Waals surface area contributed by atoms with Crippen LogP contribution in [0.25, 0.3) is 0 Å². The lowest BCUT2D eigenvalue weighted by Crippen LogP contribution is -2.52. The third-order valence-electron chi connectivity index (χ3n) is 5.62. The van der Waals surface area contributed by atoms with Crippen molar-refractivity contribution in [3.05, 3.63) is 0 Å². The molecule has 114 valence electrons. The molecule has 0 aromatic heterocycles. The zero-order valence-electron chi connectivity index (χ0n) is 12.8. The van der Waals surface area contributed by atoms with Crippen LogP contribution < -0.4 is 5.32 Å². The largest absolute Gasteiger partial charge is 0.338 e. The second-order valence-electron chi connectivity index (χ2n) is 7.06. The van der Waals surface area contributed by atoms with Crippen LogP contribution >= 0.6 is 0 Å². The smallest absolute Gasteiger partial charge is 0.223 e. The van der Waals surface area contributed by atoms with Gasteiger partial charge in [0.05, 0.1) is 0 Å². The summed E-state index contributed by atoms with van der Waals surface area (Å²) < 4.78 is 0. The van der Waals surface area contributed by atoms with Crippen LogP contribution in [0.5, 0.6) is 0 Å². The lowest BCUT2D eigenvalue weighted by atomic mass is 9.86. The van der Waals surface area contributed by atoms with E-state index < -0.39 is 0 Å². The number of hydrogen-bond donors (Lipinski definition) is 1. The zero-order chi connectivity index (χ0) is 13.8. The van der Waals surface area contributed by atoms with Crippen LogP contribution in [-0.2, 0) is 4.79 Å². The van der Waals surface area contributed by atoms with E-state index in [1.165, 1.54) is 64.2 Å². The molecule has 2 unspecified atom stereocenters. The highest BCUT2D eigenvalue weighted by molar-refractivity contribution is 5.77. The van der Waals surface area contributed by atoms with Gasteiger partial charge in [0.1, 0.15) is 0 Å². The molecular formula is C17H30N2O. The number of piperidine rings is 1. The predicted octanol–water partition coefficient (Wildman–Crippen LogP) is 3.09. The molecule has 0 aromatic carbocycles. The van der Waals surface area contributed by atoms with Gasteiger partial charge in [-0.3, -0.25) is 4.79 Å². The molecule has 1 aliphatic carbocycles. The lowest BCUT2D eigenvalue weighted by molar-refractivity contribution is -0.136. The monoisotopic (exact) mass is 278 g/mol. The Morgan fingerprint density at radius 2 is 1.75 bits per heavy atom. The molecule has 3 aliphatic rings. The van der Waals surface area contributed by atoms with Crippen molar-refractivity contribution in [3.63, 3.8) is 0 Å². The maximum absolute atomic E-state index is 12.7. The molecule has 20 heavy (non-hydrogen) atoms. The molecule has 2 atom stereocenters. The van der Waals surface area contributed by atoms with Crippen molar-refractivity contribution in [1.29, 1.82) is 0 Å². The lowest BCUT2D eigenvalue weighted by Gasteiger charge is -2.40. The van der Waals surface area contributed by atoms with Crippen molar-refractivity contribution < 1.29 is 4.79 Å². The van der Waals surface area contributed by atoms with Crippen LogP contribution in [0.15, 0.2) is 0 Å². The summed E-state index contributed by atoms with van der Waals surface area (Å²) in [6.07, 6.45) is 13.7. The summed E-state index contributed by atoms with van der Waals surface area (Å²) >= 11 is 0. The molecule has 0 spiro atoms. The average molecular weight is 278 g/mol. The summed E-state index contributed by atoms with van der Waals surface area (Å²) in [5.74, 6) is 1.13. The minimum absolute atomic E-state index is 0.454. The van der Waals surface area contributed by atoms with Crippen molar-refractivity contribution >= 4 is 5.91 Å². The van der Waals surface area contributed by atoms with E-state index in [1.807, 2.05) is 0 Å². The first-order valence-electron chi connectivity index (χ1n) is 8.87. The first-order chi connectivity index (χ1) is 9.84. The summed E-state index contributed by atoms with van der Waals surface area (Å²) in [6, 6.07) is 1.06. The fourth-order valence-electron chi connectivity index (χ4n) is 4.48. The minimum atomic E-state index is 0.454. The molecule has 3 heteroatoms. The molecule has 2 saturated heterocycles. The SMILES string of the molecule is O=C(CC1CCCCC1)N1CCCCC1C1CCCN1. The van der Waals surface area contributed by atoms with Crippen molar-refractivity contribution in [2.24, 2.45) is 5.92 Å². The topological polar surface area (TPSA) is 32.3 Å². The van der Waals surface area contributed by atoms with Gasteiger partial charge in [0.25, 0.3) is 0 Å². The normalized spacial score (nSPS) is 32.5. The molecule has 1 N–H and O–H groups in total. The van der Waals surface area contributed by atoms with Crippen LogP contribution in [0.3, 0.4) is 0 Å². The number of nitrogens with zero attached hydrogens (tertiary/aromatic N) is 1. The Bertz CT molecular complexity index is 319. The van der Waals surface area contributed by atoms with Gasteiger partial charge in [-0.15, -0.1) is 0 Å². The molecule has 1 saturated carbocycles. The van der Waals surface area contributed by atoms with Crippen LogP contribution in [0.1, 0.15) is 70.6 Å². The third kappa shape index (κ3) is 3.36. The van der Waals surface area contributed by atoms with Gasteiger partial charge < -0.3 is 10.2 Å². The van der Waals surface area contributed by atoms with E-state index in [1.54, 1.807) is 0 Å². The number of likely N-dealkylation sites (tertiary alicyclic amines) is 1. The van der Waals surface area contributed by atoms with E-state index in [4.69, 9.17) is 0 Å². The summed E-state index contributed by atoms with van der Waals surface area (Å²) in [4.78, 5) is 15.0. The highest BCUT2D eigenvalue weighted by Crippen LogP contribution is 2.30. The van der Waals surface area contributed by atoms with E-state index in [-0.39, 0.29) is 0 Å². The van der Waals surface area contributed by atoms with Gasteiger partial charge in [-0.25, -0.2) is 0 Å². The third-order valence-corrected chi connectivity index (χ3v) is 5.62. The predicted molar refractivity (Wildman–Crippen MR) is 81.6 cm³/mol. The van der Waals surface area contributed by atoms with Crippen molar-refractivity contribution in [2.45, 2.75) is 82.7 Å². The van der Waals surface area contributed by atoms with E-state index in [2.05, 4.69) is 10.2 Å². The standard InChI is InChI=1S/C17H30N2O/c20-17(13-14-7-2-1-3-8-14)19-12-5-4-10-16(19)15-9-6-11-18-15/h14-16,18H,1-13H2. The summed E-state index contributed by atoms with van der Waals surface area (Å²) in [5, 5.41) is 3.62. The average Bonchev–Trinajstić information content (AvgIpc) is 3.02. The fourth-order valence-corrected chi connectivity index (χ4v) is 4.48. The molecule has 3 fully saturated rings. The summed E-state index contributed by atoms with van der Waals surface area (Å²) in [5.41, 5.74) is 0. The van der Waals surface area contributed by atoms with Crippen molar-refractivity contribution in [3.8, 4) is 0 Å². The maximum Gasteiger partial charge on any atom is 0.223 e. The van der Waals surface area contributed by atoms with Gasteiger partial charge in [-0.05, 0) is 57.4 Å². The Balaban J connectivity index is 1.58. The van der Waals surface area contributed by atoms with E-state index >= 15 is 0 Å². The molecule has 0 bridgehead atoms. The van der Waals surface area contributed by atoms with Gasteiger partial charge in [0.2, 0.25) is 5.91 Å². The number of amides is 1. The van der Waals surface area contributed by atoms with Crippen LogP contribution in [0.2, 0.25) is 0 Å². The first-order valence-corrected chi connectivity index (χ1v) is 8.87. The molecule has 3 nitrogen and oxygen atoms in total. The van der Waals surface area contributed by atoms with Gasteiger partial charge in [-0.1, -0.05) is 19.3 Å². The highest BCUT2D eigenvalue weighted by Gasteiger charge is 2.34. The summed E-state index contributed by atoms with van der Waals surface area (Å²) in [6.45, 7) is 2.15. The van der Waals surface area contributed by atoms with Gasteiger partial charge >= 0.3 is 0 Å². The Morgan fingerprint density at radius 1 is 0.950 bits per heavy atom.